The van der Waals surface area contributed by atoms with Crippen LogP contribution in [0.1, 0.15) is 11.1 Å². The Bertz CT molecular complexity index is 176. The minimum atomic E-state index is 1.21. The van der Waals surface area contributed by atoms with E-state index in [1.165, 1.54) is 11.1 Å². The Morgan fingerprint density at radius 2 is 1.60 bits per heavy atom. The van der Waals surface area contributed by atoms with Gasteiger partial charge in [0.2, 0.25) is 0 Å². The number of benzene rings is 1. The van der Waals surface area contributed by atoms with E-state index in [0.29, 0.717) is 0 Å². The summed E-state index contributed by atoms with van der Waals surface area (Å²) in [5, 5.41) is 0. The molecule has 1 aromatic rings. The molecule has 0 radical (unpaired) electrons. The maximum atomic E-state index is 3.94. The van der Waals surface area contributed by atoms with Crippen molar-refractivity contribution in [2.24, 2.45) is 0 Å². The van der Waals surface area contributed by atoms with Gasteiger partial charge in [0.15, 0.2) is 0 Å². The molecule has 0 aliphatic heterocycles. The van der Waals surface area contributed by atoms with Gasteiger partial charge < -0.3 is 0 Å². The van der Waals surface area contributed by atoms with Crippen LogP contribution < -0.4 is 0 Å². The summed E-state index contributed by atoms with van der Waals surface area (Å²) in [6.45, 7) is 4.10. The molecule has 10 heavy (non-hydrogen) atoms. The molecule has 0 amide bonds. The predicted molar refractivity (Wildman–Crippen MR) is 41.9 cm³/mol. The van der Waals surface area contributed by atoms with Crippen LogP contribution >= 0.6 is 0 Å². The number of hydrogen-bond donors (Lipinski definition) is 0. The summed E-state index contributed by atoms with van der Waals surface area (Å²) in [6.07, 6.45) is 0. The van der Waals surface area contributed by atoms with Gasteiger partial charge >= 0.3 is 21.0 Å². The molecule has 0 aliphatic carbocycles. The van der Waals surface area contributed by atoms with E-state index in [2.05, 4.69) is 27.1 Å². The van der Waals surface area contributed by atoms with Gasteiger partial charge in [0, 0.05) is 0 Å². The van der Waals surface area contributed by atoms with Gasteiger partial charge in [-0.05, 0) is 0 Å². The van der Waals surface area contributed by atoms with Crippen molar-refractivity contribution in [3.8, 4) is 0 Å². The molecule has 0 atom stereocenters. The molecule has 59 valence electrons. The van der Waals surface area contributed by atoms with Gasteiger partial charge in [0.1, 0.15) is 0 Å². The van der Waals surface area contributed by atoms with Crippen molar-refractivity contribution >= 4 is 5.42 Å². The molecular formula is C9H11Cu-. The van der Waals surface area contributed by atoms with Crippen LogP contribution in [0, 0.1) is 19.9 Å². The molecular weight excluding hydrogens is 172 g/mol. The van der Waals surface area contributed by atoms with Gasteiger partial charge in [-0.15, -0.1) is 0 Å². The van der Waals surface area contributed by atoms with Gasteiger partial charge in [0.05, 0.1) is 0 Å². The van der Waals surface area contributed by atoms with Crippen LogP contribution in [-0.4, -0.2) is 5.42 Å². The Kier molecular flexibility index (Phi) is 5.19. The van der Waals surface area contributed by atoms with Gasteiger partial charge in [-0.3, -0.25) is 0 Å². The Hall–Kier alpha value is -0.391. The van der Waals surface area contributed by atoms with E-state index < -0.39 is 0 Å². The van der Waals surface area contributed by atoms with E-state index in [1.807, 2.05) is 32.0 Å². The summed E-state index contributed by atoms with van der Waals surface area (Å²) >= 11 is 3.94. The predicted octanol–water partition coefficient (Wildman–Crippen LogP) is 2.07. The summed E-state index contributed by atoms with van der Waals surface area (Å²) in [4.78, 5) is 0. The molecule has 0 unspecified atom stereocenters. The van der Waals surface area contributed by atoms with Crippen LogP contribution in [0.4, 0.5) is 0 Å². The van der Waals surface area contributed by atoms with Crippen LogP contribution in [0.25, 0.3) is 0 Å². The Morgan fingerprint density at radius 1 is 1.20 bits per heavy atom. The van der Waals surface area contributed by atoms with E-state index in [0.717, 1.165) is 0 Å². The molecule has 0 heterocycles. The average molecular weight is 183 g/mol. The van der Waals surface area contributed by atoms with Crippen molar-refractivity contribution in [3.63, 3.8) is 0 Å². The molecule has 0 bridgehead atoms. The second kappa shape index (κ2) is 5.40. The summed E-state index contributed by atoms with van der Waals surface area (Å²) in [5.41, 5.74) is 5.24. The first kappa shape index (κ1) is 9.61. The molecule has 0 nitrogen and oxygen atoms in total. The molecule has 0 N–H and O–H groups in total. The first-order chi connectivity index (χ1) is 4.79. The van der Waals surface area contributed by atoms with Crippen LogP contribution in [-0.2, 0) is 15.6 Å². The summed E-state index contributed by atoms with van der Waals surface area (Å²) in [7, 11) is 0. The van der Waals surface area contributed by atoms with Crippen molar-refractivity contribution in [1.82, 2.24) is 0 Å². The SMILES string of the molecule is Cc1[c-]c(C)ccc1.[CH2]=[Cu]. The van der Waals surface area contributed by atoms with Crippen molar-refractivity contribution in [1.29, 1.82) is 0 Å². The fourth-order valence-electron chi connectivity index (χ4n) is 0.731. The summed E-state index contributed by atoms with van der Waals surface area (Å²) in [5.74, 6) is 0. The Balaban J connectivity index is 0.000000371. The van der Waals surface area contributed by atoms with Crippen molar-refractivity contribution in [2.45, 2.75) is 13.8 Å². The first-order valence-corrected chi connectivity index (χ1v) is 3.62. The molecule has 0 spiro atoms. The van der Waals surface area contributed by atoms with Crippen molar-refractivity contribution in [3.05, 3.63) is 35.4 Å². The number of rotatable bonds is 0. The zero-order valence-corrected chi connectivity index (χ0v) is 7.18. The van der Waals surface area contributed by atoms with Gasteiger partial charge in [-0.2, -0.15) is 35.4 Å². The third-order valence-corrected chi connectivity index (χ3v) is 1.09. The standard InChI is InChI=1S/C8H9.CH2.Cu/c1-7-4-3-5-8(2)6-7;;/h3-5H,1-2H3;1H2;/q-1;;. The molecule has 1 rings (SSSR count). The third-order valence-electron chi connectivity index (χ3n) is 1.09. The second-order valence-corrected chi connectivity index (χ2v) is 2.02. The fraction of sp³-hybridized carbons (Fsp3) is 0.222. The molecule has 0 aromatic heterocycles. The quantitative estimate of drug-likeness (QED) is 0.426. The van der Waals surface area contributed by atoms with Crippen molar-refractivity contribution < 1.29 is 15.6 Å². The van der Waals surface area contributed by atoms with Gasteiger partial charge in [-0.25, -0.2) is 0 Å². The van der Waals surface area contributed by atoms with Gasteiger partial charge in [-0.1, -0.05) is 13.8 Å². The van der Waals surface area contributed by atoms with Crippen LogP contribution in [0.15, 0.2) is 18.2 Å². The monoisotopic (exact) mass is 182 g/mol. The molecule has 0 aliphatic rings. The van der Waals surface area contributed by atoms with E-state index in [4.69, 9.17) is 0 Å². The van der Waals surface area contributed by atoms with Crippen LogP contribution in [0.5, 0.6) is 0 Å². The number of aryl methyl sites for hydroxylation is 2. The maximum absolute atomic E-state index is 3.94. The van der Waals surface area contributed by atoms with Crippen LogP contribution in [0.3, 0.4) is 0 Å². The van der Waals surface area contributed by atoms with E-state index in [-0.39, 0.29) is 0 Å². The van der Waals surface area contributed by atoms with Crippen molar-refractivity contribution in [2.75, 3.05) is 0 Å². The first-order valence-electron chi connectivity index (χ1n) is 2.96. The Morgan fingerprint density at radius 3 is 1.80 bits per heavy atom. The zero-order valence-electron chi connectivity index (χ0n) is 6.24. The Labute approximate surface area is 70.6 Å². The average Bonchev–Trinajstić information content (AvgIpc) is 1.91. The summed E-state index contributed by atoms with van der Waals surface area (Å²) < 4.78 is 0. The topological polar surface area (TPSA) is 0 Å². The second-order valence-electron chi connectivity index (χ2n) is 2.02. The summed E-state index contributed by atoms with van der Waals surface area (Å²) in [6, 6.07) is 9.31. The van der Waals surface area contributed by atoms with Crippen LogP contribution in [0.2, 0.25) is 0 Å². The molecule has 1 aromatic carbocycles. The fourth-order valence-corrected chi connectivity index (χ4v) is 0.731. The van der Waals surface area contributed by atoms with E-state index >= 15 is 0 Å². The molecule has 1 heteroatoms. The van der Waals surface area contributed by atoms with Gasteiger partial charge in [0.25, 0.3) is 0 Å². The zero-order chi connectivity index (χ0) is 7.98. The molecule has 0 saturated carbocycles. The normalized spacial score (nSPS) is 8.00. The minimum absolute atomic E-state index is 1.21. The molecule has 0 fully saturated rings. The van der Waals surface area contributed by atoms with E-state index in [1.54, 1.807) is 0 Å². The third kappa shape index (κ3) is 3.60. The van der Waals surface area contributed by atoms with E-state index in [9.17, 15) is 0 Å². The number of hydrogen-bond acceptors (Lipinski definition) is 0. The molecule has 0 saturated heterocycles.